The summed E-state index contributed by atoms with van der Waals surface area (Å²) in [4.78, 5) is 0. The van der Waals surface area contributed by atoms with Crippen LogP contribution >= 0.6 is 0 Å². The van der Waals surface area contributed by atoms with Crippen molar-refractivity contribution < 1.29 is 0 Å². The fraction of sp³-hybridized carbons (Fsp3) is 0.0769. The Balaban J connectivity index is 1.34. The van der Waals surface area contributed by atoms with Crippen molar-refractivity contribution in [2.75, 3.05) is 0 Å². The van der Waals surface area contributed by atoms with Gasteiger partial charge in [-0.3, -0.25) is 0 Å². The monoisotopic (exact) mass is 524 g/mol. The molecule has 0 amide bonds. The van der Waals surface area contributed by atoms with E-state index in [4.69, 9.17) is 0 Å². The number of nitrogens with zero attached hydrogens (tertiary/aromatic N) is 2. The highest BCUT2D eigenvalue weighted by atomic mass is 15.0. The molecule has 0 aliphatic heterocycles. The zero-order chi connectivity index (χ0) is 27.3. The lowest BCUT2D eigenvalue weighted by molar-refractivity contribution is 0.661. The van der Waals surface area contributed by atoms with E-state index in [1.165, 1.54) is 77.2 Å². The van der Waals surface area contributed by atoms with Crippen LogP contribution < -0.4 is 0 Å². The molecule has 0 atom stereocenters. The van der Waals surface area contributed by atoms with Crippen LogP contribution in [0, 0.1) is 0 Å². The number of fused-ring (bicyclic) bond motifs is 9. The summed E-state index contributed by atoms with van der Waals surface area (Å²) in [6.07, 6.45) is 0. The third-order valence-corrected chi connectivity index (χ3v) is 9.30. The number of aromatic nitrogens is 2. The zero-order valence-electron chi connectivity index (χ0n) is 23.1. The summed E-state index contributed by atoms with van der Waals surface area (Å²) in [5, 5.41) is 5.15. The predicted molar refractivity (Wildman–Crippen MR) is 173 cm³/mol. The normalized spacial score (nSPS) is 13.8. The summed E-state index contributed by atoms with van der Waals surface area (Å²) in [6, 6.07) is 49.1. The molecule has 0 spiro atoms. The maximum Gasteiger partial charge on any atom is 0.0544 e. The molecule has 2 aromatic heterocycles. The first-order valence-corrected chi connectivity index (χ1v) is 14.4. The molecule has 9 rings (SSSR count). The molecule has 0 saturated carbocycles. The third-order valence-electron chi connectivity index (χ3n) is 9.30. The summed E-state index contributed by atoms with van der Waals surface area (Å²) < 4.78 is 4.86. The van der Waals surface area contributed by atoms with Crippen LogP contribution in [0.5, 0.6) is 0 Å². The number of para-hydroxylation sites is 3. The molecule has 1 aliphatic carbocycles. The minimum Gasteiger partial charge on any atom is -0.309 e. The van der Waals surface area contributed by atoms with Crippen molar-refractivity contribution in [2.24, 2.45) is 0 Å². The Morgan fingerprint density at radius 2 is 0.902 bits per heavy atom. The van der Waals surface area contributed by atoms with Crippen LogP contribution in [0.3, 0.4) is 0 Å². The van der Waals surface area contributed by atoms with Gasteiger partial charge in [0.15, 0.2) is 0 Å². The van der Waals surface area contributed by atoms with Crippen molar-refractivity contribution in [3.63, 3.8) is 0 Å². The summed E-state index contributed by atoms with van der Waals surface area (Å²) in [5.74, 6) is 0. The number of benzene rings is 6. The molecular weight excluding hydrogens is 496 g/mol. The van der Waals surface area contributed by atoms with Crippen LogP contribution in [0.25, 0.3) is 66.1 Å². The Kier molecular flexibility index (Phi) is 4.42. The quantitative estimate of drug-likeness (QED) is 0.213. The third kappa shape index (κ3) is 2.97. The molecule has 41 heavy (non-hydrogen) atoms. The number of rotatable bonds is 2. The topological polar surface area (TPSA) is 9.86 Å². The lowest BCUT2D eigenvalue weighted by Gasteiger charge is -2.21. The smallest absolute Gasteiger partial charge is 0.0544 e. The first kappa shape index (κ1) is 22.7. The molecule has 8 aromatic rings. The molecule has 0 bridgehead atoms. The van der Waals surface area contributed by atoms with Gasteiger partial charge in [-0.2, -0.15) is 0 Å². The van der Waals surface area contributed by atoms with Crippen molar-refractivity contribution in [3.05, 3.63) is 145 Å². The maximum absolute atomic E-state index is 2.46. The second-order valence-electron chi connectivity index (χ2n) is 11.8. The van der Waals surface area contributed by atoms with Gasteiger partial charge >= 0.3 is 0 Å². The van der Waals surface area contributed by atoms with Crippen LogP contribution in [0.1, 0.15) is 25.0 Å². The van der Waals surface area contributed by atoms with Crippen molar-refractivity contribution >= 4 is 43.6 Å². The van der Waals surface area contributed by atoms with Crippen molar-refractivity contribution in [1.82, 2.24) is 9.13 Å². The minimum absolute atomic E-state index is 0.0494. The summed E-state index contributed by atoms with van der Waals surface area (Å²) >= 11 is 0. The van der Waals surface area contributed by atoms with E-state index in [1.807, 2.05) is 0 Å². The van der Waals surface area contributed by atoms with Gasteiger partial charge in [0.2, 0.25) is 0 Å². The van der Waals surface area contributed by atoms with E-state index in [2.05, 4.69) is 156 Å². The Labute approximate surface area is 238 Å². The van der Waals surface area contributed by atoms with Gasteiger partial charge in [-0.1, -0.05) is 98.8 Å². The van der Waals surface area contributed by atoms with Gasteiger partial charge < -0.3 is 9.13 Å². The molecule has 0 radical (unpaired) electrons. The van der Waals surface area contributed by atoms with E-state index in [0.29, 0.717) is 0 Å². The highest BCUT2D eigenvalue weighted by molar-refractivity contribution is 6.12. The van der Waals surface area contributed by atoms with Gasteiger partial charge in [-0.25, -0.2) is 0 Å². The molecule has 6 aromatic carbocycles. The van der Waals surface area contributed by atoms with Gasteiger partial charge in [0, 0.05) is 38.3 Å². The van der Waals surface area contributed by atoms with Crippen LogP contribution in [0.4, 0.5) is 0 Å². The van der Waals surface area contributed by atoms with E-state index >= 15 is 0 Å². The van der Waals surface area contributed by atoms with Gasteiger partial charge in [0.25, 0.3) is 0 Å². The lowest BCUT2D eigenvalue weighted by Crippen LogP contribution is -2.15. The molecule has 194 valence electrons. The summed E-state index contributed by atoms with van der Waals surface area (Å²) in [6.45, 7) is 4.72. The Bertz CT molecular complexity index is 2290. The highest BCUT2D eigenvalue weighted by Crippen LogP contribution is 2.51. The van der Waals surface area contributed by atoms with Gasteiger partial charge in [-0.05, 0) is 70.8 Å². The fourth-order valence-electron chi connectivity index (χ4n) is 7.41. The van der Waals surface area contributed by atoms with Crippen LogP contribution in [0.2, 0.25) is 0 Å². The van der Waals surface area contributed by atoms with E-state index in [0.717, 1.165) is 0 Å². The summed E-state index contributed by atoms with van der Waals surface area (Å²) in [7, 11) is 0. The molecule has 0 saturated heterocycles. The SMILES string of the molecule is CC1(C)c2ccccc2-c2cc3c4ccccc4n(-c4cccc(-n5c6ccccc6c6ccccc65)c4)c3cc21. The van der Waals surface area contributed by atoms with E-state index in [1.54, 1.807) is 0 Å². The minimum atomic E-state index is -0.0494. The first-order chi connectivity index (χ1) is 20.1. The molecule has 0 N–H and O–H groups in total. The Morgan fingerprint density at radius 3 is 1.54 bits per heavy atom. The predicted octanol–water partition coefficient (Wildman–Crippen LogP) is 10.2. The Hall–Kier alpha value is -5.08. The highest BCUT2D eigenvalue weighted by Gasteiger charge is 2.36. The lowest BCUT2D eigenvalue weighted by atomic mass is 9.82. The summed E-state index contributed by atoms with van der Waals surface area (Å²) in [5.41, 5.74) is 12.8. The van der Waals surface area contributed by atoms with Gasteiger partial charge in [0.05, 0.1) is 22.1 Å². The van der Waals surface area contributed by atoms with Crippen molar-refractivity contribution in [3.8, 4) is 22.5 Å². The van der Waals surface area contributed by atoms with Crippen LogP contribution in [0.15, 0.2) is 133 Å². The molecule has 2 nitrogen and oxygen atoms in total. The van der Waals surface area contributed by atoms with Gasteiger partial charge in [-0.15, -0.1) is 0 Å². The zero-order valence-corrected chi connectivity index (χ0v) is 23.1. The second kappa shape index (κ2) is 7.99. The Morgan fingerprint density at radius 1 is 0.390 bits per heavy atom. The van der Waals surface area contributed by atoms with Crippen molar-refractivity contribution in [1.29, 1.82) is 0 Å². The van der Waals surface area contributed by atoms with Crippen LogP contribution in [-0.4, -0.2) is 9.13 Å². The largest absolute Gasteiger partial charge is 0.309 e. The number of hydrogen-bond donors (Lipinski definition) is 0. The van der Waals surface area contributed by atoms with E-state index < -0.39 is 0 Å². The second-order valence-corrected chi connectivity index (χ2v) is 11.8. The van der Waals surface area contributed by atoms with Crippen molar-refractivity contribution in [2.45, 2.75) is 19.3 Å². The average Bonchev–Trinajstić information content (AvgIpc) is 3.60. The standard InChI is InChI=1S/C39H28N2/c1-39(2)33-18-7-3-14-27(33)31-23-32-30-17-6-10-21-37(30)41(38(32)24-34(31)39)26-13-11-12-25(22-26)40-35-19-8-4-15-28(35)29-16-5-9-20-36(29)40/h3-24H,1-2H3. The molecule has 2 heteroatoms. The van der Waals surface area contributed by atoms with E-state index in [-0.39, 0.29) is 5.41 Å². The molecular formula is C39H28N2. The molecule has 2 heterocycles. The average molecular weight is 525 g/mol. The van der Waals surface area contributed by atoms with Gasteiger partial charge in [0.1, 0.15) is 0 Å². The maximum atomic E-state index is 2.46. The molecule has 0 unspecified atom stereocenters. The van der Waals surface area contributed by atoms with Crippen LogP contribution in [-0.2, 0) is 5.41 Å². The first-order valence-electron chi connectivity index (χ1n) is 14.4. The number of hydrogen-bond acceptors (Lipinski definition) is 0. The molecule has 0 fully saturated rings. The fourth-order valence-corrected chi connectivity index (χ4v) is 7.41. The molecule has 1 aliphatic rings. The van der Waals surface area contributed by atoms with E-state index in [9.17, 15) is 0 Å².